The average molecular weight is 352 g/mol. The molecular weight excluding hydrogens is 316 g/mol. The Balaban J connectivity index is 3.17. The van der Waals surface area contributed by atoms with Crippen molar-refractivity contribution in [3.63, 3.8) is 0 Å². The van der Waals surface area contributed by atoms with E-state index in [1.54, 1.807) is 13.8 Å². The molecule has 0 aliphatic rings. The van der Waals surface area contributed by atoms with Crippen molar-refractivity contribution in [2.75, 3.05) is 13.2 Å². The summed E-state index contributed by atoms with van der Waals surface area (Å²) in [4.78, 5) is 22.3. The smallest absolute Gasteiger partial charge is 0.333 e. The van der Waals surface area contributed by atoms with E-state index in [4.69, 9.17) is 9.47 Å². The molecule has 0 aromatic rings. The zero-order chi connectivity index (χ0) is 18.9. The highest BCUT2D eigenvalue weighted by molar-refractivity contribution is 5.87. The molecule has 143 valence electrons. The monoisotopic (exact) mass is 351 g/mol. The normalized spacial score (nSPS) is 10.3. The van der Waals surface area contributed by atoms with Crippen molar-refractivity contribution in [2.24, 2.45) is 0 Å². The fourth-order valence-electron chi connectivity index (χ4n) is 2.21. The molecular formula is C21H35O4. The van der Waals surface area contributed by atoms with Crippen molar-refractivity contribution in [3.8, 4) is 0 Å². The van der Waals surface area contributed by atoms with Crippen LogP contribution in [0.1, 0.15) is 78.1 Å². The summed E-state index contributed by atoms with van der Waals surface area (Å²) in [6, 6.07) is 0. The molecule has 0 spiro atoms. The summed E-state index contributed by atoms with van der Waals surface area (Å²) in [6.45, 7) is 11.4. The summed E-state index contributed by atoms with van der Waals surface area (Å²) in [5.74, 6) is -0.579. The molecule has 0 saturated heterocycles. The lowest BCUT2D eigenvalue weighted by molar-refractivity contribution is -0.139. The van der Waals surface area contributed by atoms with Gasteiger partial charge in [0, 0.05) is 11.1 Å². The third kappa shape index (κ3) is 15.7. The molecule has 0 aromatic heterocycles. The Bertz CT molecular complexity index is 374. The van der Waals surface area contributed by atoms with Crippen LogP contribution in [-0.4, -0.2) is 25.2 Å². The van der Waals surface area contributed by atoms with Gasteiger partial charge in [-0.1, -0.05) is 64.5 Å². The van der Waals surface area contributed by atoms with Crippen LogP contribution in [-0.2, 0) is 19.1 Å². The summed E-state index contributed by atoms with van der Waals surface area (Å²) in [5.41, 5.74) is 0.921. The summed E-state index contributed by atoms with van der Waals surface area (Å²) < 4.78 is 10.1. The Hall–Kier alpha value is -1.58. The van der Waals surface area contributed by atoms with Crippen LogP contribution in [0.2, 0.25) is 0 Å². The Morgan fingerprint density at radius 2 is 1.04 bits per heavy atom. The van der Waals surface area contributed by atoms with Crippen molar-refractivity contribution in [1.82, 2.24) is 0 Å². The second-order valence-electron chi connectivity index (χ2n) is 6.53. The molecule has 25 heavy (non-hydrogen) atoms. The van der Waals surface area contributed by atoms with Crippen LogP contribution in [0, 0.1) is 6.42 Å². The number of carbonyl (C=O) groups is 2. The molecule has 4 nitrogen and oxygen atoms in total. The molecule has 0 heterocycles. The molecule has 0 bridgehead atoms. The first kappa shape index (κ1) is 23.4. The molecule has 0 aromatic carbocycles. The highest BCUT2D eigenvalue weighted by Gasteiger charge is 2.02. The molecule has 0 atom stereocenters. The van der Waals surface area contributed by atoms with Crippen molar-refractivity contribution < 1.29 is 19.1 Å². The van der Waals surface area contributed by atoms with Gasteiger partial charge in [0.05, 0.1) is 13.2 Å². The predicted octanol–water partition coefficient (Wildman–Crippen LogP) is 5.33. The van der Waals surface area contributed by atoms with E-state index in [2.05, 4.69) is 19.6 Å². The number of carbonyl (C=O) groups excluding carboxylic acids is 2. The molecule has 0 amide bonds. The van der Waals surface area contributed by atoms with Gasteiger partial charge in [0.1, 0.15) is 0 Å². The van der Waals surface area contributed by atoms with Gasteiger partial charge in [0.15, 0.2) is 0 Å². The fourth-order valence-corrected chi connectivity index (χ4v) is 2.21. The number of rotatable bonds is 16. The van der Waals surface area contributed by atoms with Gasteiger partial charge in [-0.25, -0.2) is 9.59 Å². The number of esters is 2. The maximum atomic E-state index is 11.2. The van der Waals surface area contributed by atoms with Gasteiger partial charge < -0.3 is 9.47 Å². The molecule has 0 N–H and O–H groups in total. The zero-order valence-electron chi connectivity index (χ0n) is 16.1. The van der Waals surface area contributed by atoms with E-state index in [9.17, 15) is 9.59 Å². The number of hydrogen-bond acceptors (Lipinski definition) is 4. The van der Waals surface area contributed by atoms with E-state index in [1.165, 1.54) is 25.7 Å². The molecule has 4 heteroatoms. The van der Waals surface area contributed by atoms with Crippen molar-refractivity contribution in [3.05, 3.63) is 30.7 Å². The minimum absolute atomic E-state index is 0.290. The third-order valence-electron chi connectivity index (χ3n) is 3.77. The SMILES string of the molecule is C=C(C)C(=O)OCCCCCC[CH]CCCCCCOC(=O)C(=C)C. The third-order valence-corrected chi connectivity index (χ3v) is 3.77. The minimum atomic E-state index is -0.290. The standard InChI is InChI=1S/C21H35O4/c1-18(2)20(22)24-16-14-12-10-8-6-5-7-9-11-13-15-17-25-21(23)19(3)4/h5H,1,3,6-17H2,2,4H3. The lowest BCUT2D eigenvalue weighted by Crippen LogP contribution is -2.06. The first-order chi connectivity index (χ1) is 11.9. The molecule has 0 fully saturated rings. The van der Waals surface area contributed by atoms with Crippen LogP contribution >= 0.6 is 0 Å². The maximum absolute atomic E-state index is 11.2. The first-order valence-corrected chi connectivity index (χ1v) is 9.42. The topological polar surface area (TPSA) is 52.6 Å². The Kier molecular flexibility index (Phi) is 14.9. The van der Waals surface area contributed by atoms with Gasteiger partial charge in [-0.05, 0) is 33.1 Å². The zero-order valence-corrected chi connectivity index (χ0v) is 16.1. The first-order valence-electron chi connectivity index (χ1n) is 9.42. The summed E-state index contributed by atoms with van der Waals surface area (Å²) in [5, 5.41) is 0. The van der Waals surface area contributed by atoms with E-state index in [0.717, 1.165) is 38.5 Å². The lowest BCUT2D eigenvalue weighted by Gasteiger charge is -2.05. The van der Waals surface area contributed by atoms with Crippen LogP contribution in [0.5, 0.6) is 0 Å². The predicted molar refractivity (Wildman–Crippen MR) is 102 cm³/mol. The second-order valence-corrected chi connectivity index (χ2v) is 6.53. The quantitative estimate of drug-likeness (QED) is 0.214. The van der Waals surface area contributed by atoms with Crippen LogP contribution in [0.15, 0.2) is 24.3 Å². The van der Waals surface area contributed by atoms with E-state index in [1.807, 2.05) is 0 Å². The maximum Gasteiger partial charge on any atom is 0.333 e. The highest BCUT2D eigenvalue weighted by Crippen LogP contribution is 2.11. The number of unbranched alkanes of at least 4 members (excludes halogenated alkanes) is 10. The Labute approximate surface area is 153 Å². The summed E-state index contributed by atoms with van der Waals surface area (Å²) >= 11 is 0. The van der Waals surface area contributed by atoms with Crippen LogP contribution in [0.3, 0.4) is 0 Å². The van der Waals surface area contributed by atoms with Gasteiger partial charge in [-0.2, -0.15) is 0 Å². The van der Waals surface area contributed by atoms with E-state index >= 15 is 0 Å². The highest BCUT2D eigenvalue weighted by atomic mass is 16.5. The summed E-state index contributed by atoms with van der Waals surface area (Å²) in [7, 11) is 0. The van der Waals surface area contributed by atoms with Crippen LogP contribution in [0.25, 0.3) is 0 Å². The van der Waals surface area contributed by atoms with E-state index in [0.29, 0.717) is 24.4 Å². The number of hydrogen-bond donors (Lipinski definition) is 0. The summed E-state index contributed by atoms with van der Waals surface area (Å²) in [6.07, 6.45) is 13.5. The van der Waals surface area contributed by atoms with Crippen LogP contribution in [0.4, 0.5) is 0 Å². The van der Waals surface area contributed by atoms with Gasteiger partial charge in [-0.3, -0.25) is 0 Å². The molecule has 1 radical (unpaired) electrons. The Morgan fingerprint density at radius 3 is 1.40 bits per heavy atom. The van der Waals surface area contributed by atoms with E-state index < -0.39 is 0 Å². The van der Waals surface area contributed by atoms with Gasteiger partial charge in [0.25, 0.3) is 0 Å². The molecule has 0 unspecified atom stereocenters. The Morgan fingerprint density at radius 1 is 0.680 bits per heavy atom. The number of ether oxygens (including phenoxy) is 2. The van der Waals surface area contributed by atoms with Crippen molar-refractivity contribution >= 4 is 11.9 Å². The van der Waals surface area contributed by atoms with E-state index in [-0.39, 0.29) is 11.9 Å². The van der Waals surface area contributed by atoms with Gasteiger partial charge in [-0.15, -0.1) is 0 Å². The van der Waals surface area contributed by atoms with Gasteiger partial charge >= 0.3 is 11.9 Å². The fraction of sp³-hybridized carbons (Fsp3) is 0.667. The molecule has 0 saturated carbocycles. The van der Waals surface area contributed by atoms with Gasteiger partial charge in [0.2, 0.25) is 0 Å². The second kappa shape index (κ2) is 15.9. The molecule has 0 aliphatic heterocycles. The minimum Gasteiger partial charge on any atom is -0.462 e. The molecule has 0 rings (SSSR count). The lowest BCUT2D eigenvalue weighted by atomic mass is 10.1. The van der Waals surface area contributed by atoms with Crippen molar-refractivity contribution in [1.29, 1.82) is 0 Å². The largest absolute Gasteiger partial charge is 0.462 e. The van der Waals surface area contributed by atoms with Crippen LogP contribution < -0.4 is 0 Å². The average Bonchev–Trinajstić information content (AvgIpc) is 2.57. The molecule has 0 aliphatic carbocycles. The van der Waals surface area contributed by atoms with Crippen molar-refractivity contribution in [2.45, 2.75) is 78.1 Å².